The quantitative estimate of drug-likeness (QED) is 0.692. The molecule has 1 atom stereocenters. The van der Waals surface area contributed by atoms with Gasteiger partial charge >= 0.3 is 6.18 Å². The first-order valence-electron chi connectivity index (χ1n) is 9.72. The summed E-state index contributed by atoms with van der Waals surface area (Å²) in [6.07, 6.45) is -3.16. The number of rotatable bonds is 7. The highest BCUT2D eigenvalue weighted by atomic mass is 32.2. The summed E-state index contributed by atoms with van der Waals surface area (Å²) in [5.74, 6) is -0.636. The number of carbonyl (C=O) groups is 1. The number of carbonyl (C=O) groups excluding carboxylic acids is 1. The van der Waals surface area contributed by atoms with Gasteiger partial charge < -0.3 is 10.1 Å². The second kappa shape index (κ2) is 9.27. The second-order valence-electron chi connectivity index (χ2n) is 7.31. The maximum atomic E-state index is 13.2. The molecule has 168 valence electrons. The van der Waals surface area contributed by atoms with Gasteiger partial charge in [0, 0.05) is 13.2 Å². The average Bonchev–Trinajstić information content (AvgIpc) is 3.24. The monoisotopic (exact) mass is 456 g/mol. The summed E-state index contributed by atoms with van der Waals surface area (Å²) >= 11 is 0. The van der Waals surface area contributed by atoms with Crippen LogP contribution < -0.4 is 9.62 Å². The fourth-order valence-corrected chi connectivity index (χ4v) is 4.62. The molecular weight excluding hydrogens is 433 g/mol. The Morgan fingerprint density at radius 2 is 1.90 bits per heavy atom. The van der Waals surface area contributed by atoms with Gasteiger partial charge in [0.2, 0.25) is 5.91 Å². The van der Waals surface area contributed by atoms with Crippen LogP contribution in [-0.2, 0) is 25.7 Å². The van der Waals surface area contributed by atoms with E-state index in [2.05, 4.69) is 5.32 Å². The van der Waals surface area contributed by atoms with Crippen molar-refractivity contribution in [2.24, 2.45) is 0 Å². The molecule has 1 fully saturated rings. The van der Waals surface area contributed by atoms with Gasteiger partial charge in [0.25, 0.3) is 10.0 Å². The topological polar surface area (TPSA) is 75.7 Å². The van der Waals surface area contributed by atoms with Crippen molar-refractivity contribution in [2.75, 3.05) is 24.0 Å². The van der Waals surface area contributed by atoms with Crippen LogP contribution >= 0.6 is 0 Å². The molecule has 1 aliphatic rings. The van der Waals surface area contributed by atoms with Gasteiger partial charge in [0.15, 0.2) is 0 Å². The van der Waals surface area contributed by atoms with E-state index in [1.54, 1.807) is 19.1 Å². The van der Waals surface area contributed by atoms with Crippen molar-refractivity contribution in [3.63, 3.8) is 0 Å². The summed E-state index contributed by atoms with van der Waals surface area (Å²) < 4.78 is 72.2. The van der Waals surface area contributed by atoms with E-state index in [0.29, 0.717) is 10.9 Å². The summed E-state index contributed by atoms with van der Waals surface area (Å²) in [6.45, 7) is 1.92. The zero-order chi connectivity index (χ0) is 22.6. The van der Waals surface area contributed by atoms with E-state index in [0.717, 1.165) is 36.6 Å². The predicted molar refractivity (Wildman–Crippen MR) is 109 cm³/mol. The van der Waals surface area contributed by atoms with Crippen LogP contribution in [-0.4, -0.2) is 40.1 Å². The normalized spacial score (nSPS) is 16.8. The molecule has 0 unspecified atom stereocenters. The number of benzene rings is 2. The van der Waals surface area contributed by atoms with E-state index in [-0.39, 0.29) is 23.2 Å². The Morgan fingerprint density at radius 3 is 2.52 bits per heavy atom. The van der Waals surface area contributed by atoms with Gasteiger partial charge in [-0.1, -0.05) is 23.8 Å². The Morgan fingerprint density at radius 1 is 1.19 bits per heavy atom. The van der Waals surface area contributed by atoms with E-state index in [1.807, 2.05) is 0 Å². The number of aryl methyl sites for hydroxylation is 1. The Kier molecular flexibility index (Phi) is 6.90. The predicted octanol–water partition coefficient (Wildman–Crippen LogP) is 3.50. The van der Waals surface area contributed by atoms with Crippen LogP contribution in [0.15, 0.2) is 53.4 Å². The van der Waals surface area contributed by atoms with Crippen molar-refractivity contribution in [3.05, 3.63) is 59.7 Å². The first-order valence-corrected chi connectivity index (χ1v) is 11.2. The van der Waals surface area contributed by atoms with Crippen LogP contribution in [0.5, 0.6) is 0 Å². The number of hydrogen-bond donors (Lipinski definition) is 1. The van der Waals surface area contributed by atoms with Crippen LogP contribution in [0.2, 0.25) is 0 Å². The lowest BCUT2D eigenvalue weighted by atomic mass is 10.2. The van der Waals surface area contributed by atoms with Crippen LogP contribution in [0.4, 0.5) is 18.9 Å². The van der Waals surface area contributed by atoms with Crippen LogP contribution in [0.25, 0.3) is 0 Å². The van der Waals surface area contributed by atoms with E-state index >= 15 is 0 Å². The van der Waals surface area contributed by atoms with Crippen molar-refractivity contribution in [2.45, 2.75) is 36.9 Å². The van der Waals surface area contributed by atoms with Gasteiger partial charge in [-0.05, 0) is 50.1 Å². The standard InChI is InChI=1S/C21H23F3N2O4S/c1-15-7-9-19(10-8-15)31(28,29)26(14-20(27)25-13-18-6-3-11-30-18)17-5-2-4-16(12-17)21(22,23)24/h2,4-5,7-10,12,18H,3,6,11,13-14H2,1H3,(H,25,27)/t18-/m1/s1. The summed E-state index contributed by atoms with van der Waals surface area (Å²) in [7, 11) is -4.29. The van der Waals surface area contributed by atoms with E-state index in [9.17, 15) is 26.4 Å². The van der Waals surface area contributed by atoms with Crippen LogP contribution in [0.1, 0.15) is 24.0 Å². The van der Waals surface area contributed by atoms with Crippen molar-refractivity contribution >= 4 is 21.6 Å². The number of nitrogens with one attached hydrogen (secondary N) is 1. The first kappa shape index (κ1) is 23.1. The molecule has 10 heteroatoms. The lowest BCUT2D eigenvalue weighted by Crippen LogP contribution is -2.43. The van der Waals surface area contributed by atoms with Crippen molar-refractivity contribution in [3.8, 4) is 0 Å². The third kappa shape index (κ3) is 5.76. The Hall–Kier alpha value is -2.59. The molecule has 6 nitrogen and oxygen atoms in total. The summed E-state index contributed by atoms with van der Waals surface area (Å²) in [6, 6.07) is 9.78. The van der Waals surface area contributed by atoms with Gasteiger partial charge in [-0.2, -0.15) is 13.2 Å². The smallest absolute Gasteiger partial charge is 0.376 e. The van der Waals surface area contributed by atoms with Gasteiger partial charge in [-0.15, -0.1) is 0 Å². The number of hydrogen-bond acceptors (Lipinski definition) is 4. The molecule has 1 amide bonds. The van der Waals surface area contributed by atoms with Crippen molar-refractivity contribution in [1.29, 1.82) is 0 Å². The molecule has 0 aliphatic carbocycles. The molecule has 1 N–H and O–H groups in total. The Labute approximate surface area is 179 Å². The summed E-state index contributed by atoms with van der Waals surface area (Å²) in [5.41, 5.74) is -0.435. The SMILES string of the molecule is Cc1ccc(S(=O)(=O)N(CC(=O)NC[C@H]2CCCO2)c2cccc(C(F)(F)F)c2)cc1. The minimum absolute atomic E-state index is 0.123. The van der Waals surface area contributed by atoms with E-state index in [1.165, 1.54) is 18.2 Å². The number of alkyl halides is 3. The summed E-state index contributed by atoms with van der Waals surface area (Å²) in [5, 5.41) is 2.61. The molecule has 2 aromatic carbocycles. The Balaban J connectivity index is 1.91. The molecule has 1 heterocycles. The maximum absolute atomic E-state index is 13.2. The van der Waals surface area contributed by atoms with Gasteiger partial charge in [0.05, 0.1) is 22.3 Å². The third-order valence-electron chi connectivity index (χ3n) is 4.91. The van der Waals surface area contributed by atoms with E-state index in [4.69, 9.17) is 4.74 Å². The minimum Gasteiger partial charge on any atom is -0.376 e. The lowest BCUT2D eigenvalue weighted by molar-refractivity contribution is -0.137. The van der Waals surface area contributed by atoms with Gasteiger partial charge in [-0.25, -0.2) is 8.42 Å². The molecule has 1 saturated heterocycles. The minimum atomic E-state index is -4.66. The number of sulfonamides is 1. The zero-order valence-corrected chi connectivity index (χ0v) is 17.7. The second-order valence-corrected chi connectivity index (χ2v) is 9.17. The number of amides is 1. The lowest BCUT2D eigenvalue weighted by Gasteiger charge is -2.25. The molecule has 0 bridgehead atoms. The molecule has 2 aromatic rings. The highest BCUT2D eigenvalue weighted by molar-refractivity contribution is 7.92. The zero-order valence-electron chi connectivity index (χ0n) is 16.9. The molecule has 0 aromatic heterocycles. The first-order chi connectivity index (χ1) is 14.6. The van der Waals surface area contributed by atoms with Gasteiger partial charge in [0.1, 0.15) is 6.54 Å². The fourth-order valence-electron chi connectivity index (χ4n) is 3.21. The van der Waals surface area contributed by atoms with E-state index < -0.39 is 34.2 Å². The molecule has 0 radical (unpaired) electrons. The van der Waals surface area contributed by atoms with Crippen LogP contribution in [0.3, 0.4) is 0 Å². The van der Waals surface area contributed by atoms with Crippen molar-refractivity contribution in [1.82, 2.24) is 5.32 Å². The highest BCUT2D eigenvalue weighted by Gasteiger charge is 2.33. The number of nitrogens with zero attached hydrogens (tertiary/aromatic N) is 1. The van der Waals surface area contributed by atoms with Crippen LogP contribution in [0, 0.1) is 6.92 Å². The maximum Gasteiger partial charge on any atom is 0.416 e. The summed E-state index contributed by atoms with van der Waals surface area (Å²) in [4.78, 5) is 12.4. The van der Waals surface area contributed by atoms with Gasteiger partial charge in [-0.3, -0.25) is 9.10 Å². The molecule has 0 saturated carbocycles. The fraction of sp³-hybridized carbons (Fsp3) is 0.381. The number of halogens is 3. The highest BCUT2D eigenvalue weighted by Crippen LogP contribution is 2.33. The molecule has 31 heavy (non-hydrogen) atoms. The van der Waals surface area contributed by atoms with Crippen molar-refractivity contribution < 1.29 is 31.1 Å². The average molecular weight is 456 g/mol. The number of ether oxygens (including phenoxy) is 1. The number of anilines is 1. The molecule has 0 spiro atoms. The molecule has 1 aliphatic heterocycles. The third-order valence-corrected chi connectivity index (χ3v) is 6.70. The largest absolute Gasteiger partial charge is 0.416 e. The molecular formula is C21H23F3N2O4S. The molecule has 3 rings (SSSR count). The Bertz CT molecular complexity index is 1020.